The number of aryl methyl sites for hydroxylation is 2. The zero-order chi connectivity index (χ0) is 21.6. The van der Waals surface area contributed by atoms with Gasteiger partial charge in [0.05, 0.1) is 26.0 Å². The average molecular weight is 439 g/mol. The minimum Gasteiger partial charge on any atom is -0.496 e. The average Bonchev–Trinajstić information content (AvgIpc) is 3.22. The van der Waals surface area contributed by atoms with Crippen LogP contribution in [-0.2, 0) is 16.0 Å². The minimum atomic E-state index is -0.247. The molecule has 1 unspecified atom stereocenters. The second-order valence-corrected chi connectivity index (χ2v) is 8.59. The van der Waals surface area contributed by atoms with E-state index in [1.165, 1.54) is 0 Å². The van der Waals surface area contributed by atoms with Crippen LogP contribution in [0.3, 0.4) is 0 Å². The number of benzene rings is 1. The van der Waals surface area contributed by atoms with Crippen molar-refractivity contribution in [3.8, 4) is 5.75 Å². The third kappa shape index (κ3) is 5.39. The Labute approximate surface area is 186 Å². The molecule has 1 amide bonds. The Morgan fingerprint density at radius 2 is 2.16 bits per heavy atom. The molecule has 0 bridgehead atoms. The van der Waals surface area contributed by atoms with E-state index in [0.29, 0.717) is 32.5 Å². The molecule has 8 heteroatoms. The van der Waals surface area contributed by atoms with Crippen molar-refractivity contribution in [1.82, 2.24) is 14.9 Å². The highest BCUT2D eigenvalue weighted by Gasteiger charge is 2.26. The number of pyridine rings is 1. The molecule has 31 heavy (non-hydrogen) atoms. The van der Waals surface area contributed by atoms with Crippen LogP contribution in [0.2, 0.25) is 0 Å². The molecular weight excluding hydrogens is 412 g/mol. The van der Waals surface area contributed by atoms with E-state index in [1.54, 1.807) is 18.4 Å². The van der Waals surface area contributed by atoms with Crippen LogP contribution in [0.5, 0.6) is 5.75 Å². The molecule has 4 rings (SSSR count). The first kappa shape index (κ1) is 21.3. The van der Waals surface area contributed by atoms with E-state index < -0.39 is 0 Å². The fourth-order valence-corrected chi connectivity index (χ4v) is 4.26. The lowest BCUT2D eigenvalue weighted by molar-refractivity contribution is -0.139. The molecule has 3 aromatic rings. The van der Waals surface area contributed by atoms with E-state index in [0.717, 1.165) is 32.8 Å². The van der Waals surface area contributed by atoms with Crippen molar-refractivity contribution < 1.29 is 14.3 Å². The Bertz CT molecular complexity index is 1040. The number of thiazole rings is 1. The molecule has 0 radical (unpaired) electrons. The van der Waals surface area contributed by atoms with Crippen LogP contribution in [-0.4, -0.2) is 47.6 Å². The van der Waals surface area contributed by atoms with E-state index >= 15 is 0 Å². The van der Waals surface area contributed by atoms with Crippen molar-refractivity contribution in [2.75, 3.05) is 32.1 Å². The van der Waals surface area contributed by atoms with Gasteiger partial charge in [0.1, 0.15) is 17.7 Å². The first-order chi connectivity index (χ1) is 15.1. The van der Waals surface area contributed by atoms with Crippen molar-refractivity contribution >= 4 is 28.2 Å². The summed E-state index contributed by atoms with van der Waals surface area (Å²) in [6, 6.07) is 13.6. The second-order valence-electron chi connectivity index (χ2n) is 7.36. The number of hydrogen-bond donors (Lipinski definition) is 1. The number of nitrogens with one attached hydrogen (secondary N) is 1. The molecule has 162 valence electrons. The molecule has 1 atom stereocenters. The standard InChI is InChI=1S/C23H26N4O3S/c1-16-14-24-23(31-16)26-21-9-5-7-18(25-21)20-15-27(12-13-30-20)22(28)11-10-17-6-3-4-8-19(17)29-2/h3-9,14,20H,10-13,15H2,1-2H3,(H,24,25,26). The predicted molar refractivity (Wildman–Crippen MR) is 121 cm³/mol. The van der Waals surface area contributed by atoms with Crippen molar-refractivity contribution in [2.24, 2.45) is 0 Å². The van der Waals surface area contributed by atoms with Gasteiger partial charge in [0, 0.05) is 24.0 Å². The monoisotopic (exact) mass is 438 g/mol. The fourth-order valence-electron chi connectivity index (χ4n) is 3.59. The lowest BCUT2D eigenvalue weighted by Crippen LogP contribution is -2.42. The van der Waals surface area contributed by atoms with Gasteiger partial charge in [-0.1, -0.05) is 24.3 Å². The van der Waals surface area contributed by atoms with Crippen molar-refractivity contribution in [3.05, 3.63) is 64.8 Å². The third-order valence-electron chi connectivity index (χ3n) is 5.18. The highest BCUT2D eigenvalue weighted by molar-refractivity contribution is 7.15. The lowest BCUT2D eigenvalue weighted by Gasteiger charge is -2.33. The van der Waals surface area contributed by atoms with E-state index in [-0.39, 0.29) is 12.0 Å². The van der Waals surface area contributed by atoms with E-state index in [1.807, 2.05) is 60.5 Å². The number of rotatable bonds is 7. The van der Waals surface area contributed by atoms with Crippen LogP contribution in [0, 0.1) is 6.92 Å². The Morgan fingerprint density at radius 3 is 2.97 bits per heavy atom. The van der Waals surface area contributed by atoms with Crippen molar-refractivity contribution in [3.63, 3.8) is 0 Å². The number of methoxy groups -OCH3 is 1. The van der Waals surface area contributed by atoms with Gasteiger partial charge in [-0.2, -0.15) is 0 Å². The lowest BCUT2D eigenvalue weighted by atomic mass is 10.1. The fraction of sp³-hybridized carbons (Fsp3) is 0.348. The SMILES string of the molecule is COc1ccccc1CCC(=O)N1CCOC(c2cccc(Nc3ncc(C)s3)n2)C1. The maximum Gasteiger partial charge on any atom is 0.223 e. The number of aromatic nitrogens is 2. The number of nitrogens with zero attached hydrogens (tertiary/aromatic N) is 3. The Balaban J connectivity index is 1.38. The molecule has 1 N–H and O–H groups in total. The van der Waals surface area contributed by atoms with Crippen LogP contribution in [0.15, 0.2) is 48.7 Å². The molecule has 7 nitrogen and oxygen atoms in total. The van der Waals surface area contributed by atoms with Gasteiger partial charge in [0.2, 0.25) is 5.91 Å². The molecule has 0 aliphatic carbocycles. The van der Waals surface area contributed by atoms with Gasteiger partial charge >= 0.3 is 0 Å². The predicted octanol–water partition coefficient (Wildman–Crippen LogP) is 4.13. The molecule has 1 saturated heterocycles. The van der Waals surface area contributed by atoms with Crippen LogP contribution in [0.1, 0.15) is 28.7 Å². The first-order valence-corrected chi connectivity index (χ1v) is 11.1. The van der Waals surface area contributed by atoms with Gasteiger partial charge in [-0.3, -0.25) is 4.79 Å². The molecule has 0 saturated carbocycles. The summed E-state index contributed by atoms with van der Waals surface area (Å²) in [5.74, 6) is 1.65. The maximum atomic E-state index is 12.8. The van der Waals surface area contributed by atoms with Gasteiger partial charge in [-0.25, -0.2) is 9.97 Å². The van der Waals surface area contributed by atoms with Gasteiger partial charge in [-0.15, -0.1) is 11.3 Å². The summed E-state index contributed by atoms with van der Waals surface area (Å²) >= 11 is 1.58. The summed E-state index contributed by atoms with van der Waals surface area (Å²) in [5, 5.41) is 4.04. The molecular formula is C23H26N4O3S. The van der Waals surface area contributed by atoms with Crippen LogP contribution in [0.25, 0.3) is 0 Å². The number of anilines is 2. The van der Waals surface area contributed by atoms with Gasteiger partial charge in [0.15, 0.2) is 5.13 Å². The number of carbonyl (C=O) groups excluding carboxylic acids is 1. The van der Waals surface area contributed by atoms with E-state index in [2.05, 4.69) is 15.3 Å². The van der Waals surface area contributed by atoms with Crippen LogP contribution < -0.4 is 10.1 Å². The molecule has 1 aromatic carbocycles. The van der Waals surface area contributed by atoms with E-state index in [4.69, 9.17) is 9.47 Å². The number of morpholine rings is 1. The van der Waals surface area contributed by atoms with Gasteiger partial charge in [0.25, 0.3) is 0 Å². The minimum absolute atomic E-state index is 0.117. The molecule has 1 fully saturated rings. The number of carbonyl (C=O) groups is 1. The second kappa shape index (κ2) is 9.89. The number of amides is 1. The molecule has 3 heterocycles. The molecule has 1 aliphatic heterocycles. The van der Waals surface area contributed by atoms with E-state index in [9.17, 15) is 4.79 Å². The summed E-state index contributed by atoms with van der Waals surface area (Å²) in [5.41, 5.74) is 1.85. The third-order valence-corrected chi connectivity index (χ3v) is 6.00. The Hall–Kier alpha value is -2.97. The maximum absolute atomic E-state index is 12.8. The Morgan fingerprint density at radius 1 is 1.29 bits per heavy atom. The molecule has 1 aliphatic rings. The van der Waals surface area contributed by atoms with Crippen LogP contribution in [0.4, 0.5) is 10.9 Å². The first-order valence-electron chi connectivity index (χ1n) is 10.3. The smallest absolute Gasteiger partial charge is 0.223 e. The van der Waals surface area contributed by atoms with Crippen molar-refractivity contribution in [1.29, 1.82) is 0 Å². The zero-order valence-corrected chi connectivity index (χ0v) is 18.5. The highest BCUT2D eigenvalue weighted by atomic mass is 32.1. The summed E-state index contributed by atoms with van der Waals surface area (Å²) in [6.45, 7) is 3.60. The normalized spacial score (nSPS) is 16.2. The summed E-state index contributed by atoms with van der Waals surface area (Å²) in [6.07, 6.45) is 2.67. The summed E-state index contributed by atoms with van der Waals surface area (Å²) in [7, 11) is 1.65. The largest absolute Gasteiger partial charge is 0.496 e. The van der Waals surface area contributed by atoms with Crippen molar-refractivity contribution in [2.45, 2.75) is 25.9 Å². The summed E-state index contributed by atoms with van der Waals surface area (Å²) < 4.78 is 11.3. The van der Waals surface area contributed by atoms with Gasteiger partial charge < -0.3 is 19.7 Å². The van der Waals surface area contributed by atoms with Crippen LogP contribution >= 0.6 is 11.3 Å². The Kier molecular flexibility index (Phi) is 6.79. The topological polar surface area (TPSA) is 76.6 Å². The summed E-state index contributed by atoms with van der Waals surface area (Å²) in [4.78, 5) is 24.9. The number of para-hydroxylation sites is 1. The highest BCUT2D eigenvalue weighted by Crippen LogP contribution is 2.26. The van der Waals surface area contributed by atoms with Gasteiger partial charge in [-0.05, 0) is 37.1 Å². The quantitative estimate of drug-likeness (QED) is 0.598. The molecule has 2 aromatic heterocycles. The zero-order valence-electron chi connectivity index (χ0n) is 17.7. The number of ether oxygens (including phenoxy) is 2. The molecule has 0 spiro atoms. The number of hydrogen-bond acceptors (Lipinski definition) is 7.